The van der Waals surface area contributed by atoms with Crippen molar-refractivity contribution in [2.45, 2.75) is 25.4 Å². The normalized spacial score (nSPS) is 16.9. The predicted molar refractivity (Wildman–Crippen MR) is 189 cm³/mol. The fraction of sp³-hybridized carbons (Fsp3) is 0.282. The number of rotatable bonds is 9. The Kier molecular flexibility index (Phi) is 9.19. The SMILES string of the molecule is O=C(NC(Cc1c[nH]c2ccccc12)C(=O)N1CC(CNCc2ccccc2)Cc2ccccc21)N1CCN(c2ccccc2)CC1. The molecular formula is C39H42N6O2. The van der Waals surface area contributed by atoms with Crippen molar-refractivity contribution >= 4 is 34.2 Å². The van der Waals surface area contributed by atoms with E-state index in [4.69, 9.17) is 0 Å². The van der Waals surface area contributed by atoms with Crippen LogP contribution in [0.15, 0.2) is 115 Å². The number of anilines is 2. The minimum Gasteiger partial charge on any atom is -0.368 e. The molecule has 8 heteroatoms. The molecule has 0 radical (unpaired) electrons. The summed E-state index contributed by atoms with van der Waals surface area (Å²) >= 11 is 0. The lowest BCUT2D eigenvalue weighted by Gasteiger charge is -2.38. The second-order valence-corrected chi connectivity index (χ2v) is 12.6. The van der Waals surface area contributed by atoms with E-state index >= 15 is 0 Å². The number of fused-ring (bicyclic) bond motifs is 2. The van der Waals surface area contributed by atoms with Gasteiger partial charge in [0.05, 0.1) is 0 Å². The second-order valence-electron chi connectivity index (χ2n) is 12.6. The maximum Gasteiger partial charge on any atom is 0.318 e. The molecule has 0 aliphatic carbocycles. The molecule has 3 amide bonds. The summed E-state index contributed by atoms with van der Waals surface area (Å²) in [6.07, 6.45) is 3.26. The molecule has 1 saturated heterocycles. The summed E-state index contributed by atoms with van der Waals surface area (Å²) in [5.74, 6) is 0.167. The number of aromatic nitrogens is 1. The zero-order valence-corrected chi connectivity index (χ0v) is 26.6. The molecule has 0 bridgehead atoms. The van der Waals surface area contributed by atoms with E-state index in [1.165, 1.54) is 5.56 Å². The summed E-state index contributed by atoms with van der Waals surface area (Å²) in [5.41, 5.74) is 6.53. The largest absolute Gasteiger partial charge is 0.368 e. The Morgan fingerprint density at radius 1 is 0.809 bits per heavy atom. The fourth-order valence-corrected chi connectivity index (χ4v) is 7.00. The molecule has 2 atom stereocenters. The summed E-state index contributed by atoms with van der Waals surface area (Å²) in [6, 6.07) is 36.1. The zero-order chi connectivity index (χ0) is 32.0. The molecule has 2 unspecified atom stereocenters. The first-order valence-electron chi connectivity index (χ1n) is 16.7. The molecule has 47 heavy (non-hydrogen) atoms. The third-order valence-electron chi connectivity index (χ3n) is 9.49. The minimum atomic E-state index is -0.724. The van der Waals surface area contributed by atoms with Crippen LogP contribution in [0.5, 0.6) is 0 Å². The number of para-hydroxylation sites is 3. The summed E-state index contributed by atoms with van der Waals surface area (Å²) in [7, 11) is 0. The van der Waals surface area contributed by atoms with Crippen molar-refractivity contribution in [3.8, 4) is 0 Å². The third kappa shape index (κ3) is 7.03. The molecule has 0 saturated carbocycles. The smallest absolute Gasteiger partial charge is 0.318 e. The van der Waals surface area contributed by atoms with Crippen LogP contribution in [-0.2, 0) is 24.2 Å². The first-order chi connectivity index (χ1) is 23.1. The Morgan fingerprint density at radius 2 is 1.51 bits per heavy atom. The van der Waals surface area contributed by atoms with Crippen LogP contribution in [0.1, 0.15) is 16.7 Å². The highest BCUT2D eigenvalue weighted by Crippen LogP contribution is 2.31. The van der Waals surface area contributed by atoms with Gasteiger partial charge in [0.25, 0.3) is 0 Å². The van der Waals surface area contributed by atoms with Gasteiger partial charge in [-0.3, -0.25) is 4.79 Å². The van der Waals surface area contributed by atoms with Crippen molar-refractivity contribution in [1.82, 2.24) is 20.5 Å². The number of H-pyrrole nitrogens is 1. The molecule has 4 aromatic carbocycles. The van der Waals surface area contributed by atoms with Crippen LogP contribution in [0.4, 0.5) is 16.2 Å². The first-order valence-corrected chi connectivity index (χ1v) is 16.7. The maximum absolute atomic E-state index is 14.7. The number of urea groups is 1. The predicted octanol–water partition coefficient (Wildman–Crippen LogP) is 5.61. The van der Waals surface area contributed by atoms with Crippen LogP contribution in [0.3, 0.4) is 0 Å². The third-order valence-corrected chi connectivity index (χ3v) is 9.49. The summed E-state index contributed by atoms with van der Waals surface area (Å²) in [4.78, 5) is 37.9. The Morgan fingerprint density at radius 3 is 2.32 bits per heavy atom. The Balaban J connectivity index is 1.10. The zero-order valence-electron chi connectivity index (χ0n) is 26.6. The van der Waals surface area contributed by atoms with Crippen molar-refractivity contribution < 1.29 is 9.59 Å². The number of nitrogens with one attached hydrogen (secondary N) is 3. The van der Waals surface area contributed by atoms with Crippen molar-refractivity contribution in [1.29, 1.82) is 0 Å². The van der Waals surface area contributed by atoms with Gasteiger partial charge in [-0.25, -0.2) is 4.79 Å². The van der Waals surface area contributed by atoms with Crippen molar-refractivity contribution in [3.63, 3.8) is 0 Å². The average Bonchev–Trinajstić information content (AvgIpc) is 3.54. The van der Waals surface area contributed by atoms with Gasteiger partial charge in [-0.05, 0) is 53.3 Å². The molecule has 2 aliphatic heterocycles. The number of amides is 3. The lowest BCUT2D eigenvalue weighted by molar-refractivity contribution is -0.120. The van der Waals surface area contributed by atoms with E-state index in [1.807, 2.05) is 76.7 Å². The van der Waals surface area contributed by atoms with E-state index in [1.54, 1.807) is 0 Å². The molecule has 3 N–H and O–H groups in total. The highest BCUT2D eigenvalue weighted by atomic mass is 16.2. The van der Waals surface area contributed by atoms with Gasteiger partial charge >= 0.3 is 6.03 Å². The first kappa shape index (κ1) is 30.6. The molecule has 1 fully saturated rings. The van der Waals surface area contributed by atoms with Gasteiger partial charge in [0.15, 0.2) is 0 Å². The molecule has 5 aromatic rings. The van der Waals surface area contributed by atoms with Gasteiger partial charge in [-0.2, -0.15) is 0 Å². The standard InChI is InChI=1S/C39H42N6O2/c46-38(45-28-30(23-31-13-7-10-18-37(31)45)26-40-25-29-11-3-1-4-12-29)36(24-32-27-41-35-17-9-8-16-34(32)35)42-39(47)44-21-19-43(20-22-44)33-14-5-2-6-15-33/h1-18,27,30,36,40-41H,19-26,28H2,(H,42,47). The van der Waals surface area contributed by atoms with Gasteiger partial charge in [0.1, 0.15) is 6.04 Å². The lowest BCUT2D eigenvalue weighted by atomic mass is 9.91. The van der Waals surface area contributed by atoms with E-state index in [0.717, 1.165) is 66.0 Å². The number of carbonyl (C=O) groups is 2. The van der Waals surface area contributed by atoms with Crippen LogP contribution >= 0.6 is 0 Å². The van der Waals surface area contributed by atoms with Gasteiger partial charge in [-0.1, -0.05) is 84.9 Å². The summed E-state index contributed by atoms with van der Waals surface area (Å²) in [5, 5.41) is 7.88. The van der Waals surface area contributed by atoms with Gasteiger partial charge in [0.2, 0.25) is 5.91 Å². The van der Waals surface area contributed by atoms with Crippen LogP contribution in [-0.4, -0.2) is 67.1 Å². The molecule has 8 nitrogen and oxygen atoms in total. The Bertz CT molecular complexity index is 1800. The van der Waals surface area contributed by atoms with E-state index < -0.39 is 6.04 Å². The maximum atomic E-state index is 14.7. The highest BCUT2D eigenvalue weighted by molar-refractivity contribution is 6.00. The molecule has 1 aromatic heterocycles. The summed E-state index contributed by atoms with van der Waals surface area (Å²) in [6.45, 7) is 4.84. The number of aromatic amines is 1. The van der Waals surface area contributed by atoms with Crippen LogP contribution in [0.25, 0.3) is 10.9 Å². The van der Waals surface area contributed by atoms with E-state index in [0.29, 0.717) is 26.1 Å². The lowest BCUT2D eigenvalue weighted by Crippen LogP contribution is -2.58. The molecule has 2 aliphatic rings. The Labute approximate surface area is 276 Å². The Hall–Kier alpha value is -5.08. The van der Waals surface area contributed by atoms with E-state index in [-0.39, 0.29) is 17.9 Å². The summed E-state index contributed by atoms with van der Waals surface area (Å²) < 4.78 is 0. The molecule has 0 spiro atoms. The van der Waals surface area contributed by atoms with Crippen LogP contribution in [0.2, 0.25) is 0 Å². The number of benzene rings is 4. The van der Waals surface area contributed by atoms with Crippen molar-refractivity contribution in [2.24, 2.45) is 5.92 Å². The average molecular weight is 627 g/mol. The van der Waals surface area contributed by atoms with Crippen LogP contribution < -0.4 is 20.4 Å². The van der Waals surface area contributed by atoms with Gasteiger partial charge in [0, 0.05) is 80.7 Å². The molecule has 3 heterocycles. The number of hydrogen-bond acceptors (Lipinski definition) is 4. The van der Waals surface area contributed by atoms with E-state index in [2.05, 4.69) is 69.0 Å². The van der Waals surface area contributed by atoms with Crippen LogP contribution in [0, 0.1) is 5.92 Å². The van der Waals surface area contributed by atoms with Gasteiger partial charge in [-0.15, -0.1) is 0 Å². The highest BCUT2D eigenvalue weighted by Gasteiger charge is 2.35. The van der Waals surface area contributed by atoms with Crippen molar-refractivity contribution in [3.05, 3.63) is 132 Å². The van der Waals surface area contributed by atoms with Crippen molar-refractivity contribution in [2.75, 3.05) is 49.1 Å². The fourth-order valence-electron chi connectivity index (χ4n) is 7.00. The topological polar surface area (TPSA) is 83.7 Å². The quantitative estimate of drug-likeness (QED) is 0.199. The molecule has 7 rings (SSSR count). The van der Waals surface area contributed by atoms with E-state index in [9.17, 15) is 9.59 Å². The van der Waals surface area contributed by atoms with Gasteiger partial charge < -0.3 is 30.3 Å². The number of hydrogen-bond donors (Lipinski definition) is 3. The minimum absolute atomic E-state index is 0.0771. The molecular weight excluding hydrogens is 584 g/mol. The monoisotopic (exact) mass is 626 g/mol. The molecule has 240 valence electrons. The number of piperazine rings is 1. The number of nitrogens with zero attached hydrogens (tertiary/aromatic N) is 3. The number of carbonyl (C=O) groups excluding carboxylic acids is 2. The second kappa shape index (κ2) is 14.1.